The zero-order chi connectivity index (χ0) is 22.1. The van der Waals surface area contributed by atoms with Crippen molar-refractivity contribution in [2.45, 2.75) is 18.5 Å². The van der Waals surface area contributed by atoms with E-state index in [1.54, 1.807) is 24.3 Å². The molecule has 160 valence electrons. The van der Waals surface area contributed by atoms with Crippen LogP contribution in [0.5, 0.6) is 0 Å². The molecular formula is C21H14Cl3NO5S. The number of carbonyl (C=O) groups is 1. The molecule has 3 heterocycles. The summed E-state index contributed by atoms with van der Waals surface area (Å²) in [5.74, 6) is -0.822. The van der Waals surface area contributed by atoms with E-state index in [0.717, 1.165) is 0 Å². The largest absolute Gasteiger partial charge is 0.450 e. The fourth-order valence-corrected chi connectivity index (χ4v) is 6.53. The van der Waals surface area contributed by atoms with Crippen molar-refractivity contribution in [1.29, 1.82) is 0 Å². The Labute approximate surface area is 192 Å². The normalized spacial score (nSPS) is 22.3. The molecule has 2 aliphatic heterocycles. The number of nitrogens with zero attached hydrogens (tertiary/aromatic N) is 1. The second-order valence-corrected chi connectivity index (χ2v) is 11.1. The van der Waals surface area contributed by atoms with Gasteiger partial charge in [0.2, 0.25) is 5.76 Å². The van der Waals surface area contributed by atoms with Crippen molar-refractivity contribution < 1.29 is 17.6 Å². The quantitative estimate of drug-likeness (QED) is 0.520. The number of carbonyl (C=O) groups excluding carboxylic acids is 1. The van der Waals surface area contributed by atoms with Crippen LogP contribution >= 0.6 is 34.8 Å². The molecule has 1 saturated heterocycles. The lowest BCUT2D eigenvalue weighted by Crippen LogP contribution is -2.40. The molecule has 3 aromatic rings. The van der Waals surface area contributed by atoms with Crippen LogP contribution < -0.4 is 5.43 Å². The van der Waals surface area contributed by atoms with Gasteiger partial charge in [-0.1, -0.05) is 40.9 Å². The fraction of sp³-hybridized carbons (Fsp3) is 0.238. The van der Waals surface area contributed by atoms with Gasteiger partial charge in [0.05, 0.1) is 38.5 Å². The lowest BCUT2D eigenvalue weighted by Gasteiger charge is -2.30. The number of amides is 1. The molecule has 10 heteroatoms. The first kappa shape index (κ1) is 20.8. The average Bonchev–Trinajstić information content (AvgIpc) is 3.21. The Morgan fingerprint density at radius 1 is 1.00 bits per heavy atom. The molecule has 6 nitrogen and oxygen atoms in total. The first-order valence-electron chi connectivity index (χ1n) is 9.40. The van der Waals surface area contributed by atoms with E-state index in [-0.39, 0.29) is 45.2 Å². The van der Waals surface area contributed by atoms with Crippen LogP contribution in [0, 0.1) is 0 Å². The smallest absolute Gasteiger partial charge is 0.291 e. The van der Waals surface area contributed by atoms with Crippen LogP contribution in [-0.4, -0.2) is 36.8 Å². The Morgan fingerprint density at radius 3 is 2.45 bits per heavy atom. The van der Waals surface area contributed by atoms with Gasteiger partial charge >= 0.3 is 0 Å². The molecule has 2 unspecified atom stereocenters. The van der Waals surface area contributed by atoms with Crippen molar-refractivity contribution in [2.75, 3.05) is 11.5 Å². The van der Waals surface area contributed by atoms with Gasteiger partial charge in [-0.2, -0.15) is 0 Å². The highest BCUT2D eigenvalue weighted by Crippen LogP contribution is 2.42. The molecule has 0 radical (unpaired) electrons. The Bertz CT molecular complexity index is 1430. The van der Waals surface area contributed by atoms with Crippen LogP contribution in [-0.2, 0) is 9.84 Å². The predicted octanol–water partition coefficient (Wildman–Crippen LogP) is 4.49. The summed E-state index contributed by atoms with van der Waals surface area (Å²) >= 11 is 18.3. The predicted molar refractivity (Wildman–Crippen MR) is 119 cm³/mol. The third kappa shape index (κ3) is 3.35. The third-order valence-corrected chi connectivity index (χ3v) is 8.45. The number of hydrogen-bond donors (Lipinski definition) is 0. The molecule has 2 aromatic carbocycles. The van der Waals surface area contributed by atoms with Gasteiger partial charge in [-0.3, -0.25) is 9.59 Å². The standard InChI is InChI=1S/C21H14Cl3NO5S/c22-11-2-4-16-13(8-11)19(26)17-18(10-1-3-14(23)15(24)7-10)25(21(27)20(17)30-16)12-5-6-31(28,29)9-12/h1-4,7-8,12,18H,5-6,9H2. The second kappa shape index (κ2) is 7.24. The van der Waals surface area contributed by atoms with Gasteiger partial charge in [-0.15, -0.1) is 0 Å². The number of sulfone groups is 1. The van der Waals surface area contributed by atoms with E-state index in [2.05, 4.69) is 0 Å². The van der Waals surface area contributed by atoms with Crippen LogP contribution in [0.2, 0.25) is 15.1 Å². The summed E-state index contributed by atoms with van der Waals surface area (Å²) in [4.78, 5) is 28.3. The Hall–Kier alpha value is -2.06. The van der Waals surface area contributed by atoms with Crippen LogP contribution in [0.25, 0.3) is 11.0 Å². The molecule has 1 amide bonds. The van der Waals surface area contributed by atoms with Gasteiger partial charge in [0.25, 0.3) is 5.91 Å². The number of hydrogen-bond acceptors (Lipinski definition) is 5. The van der Waals surface area contributed by atoms with E-state index in [1.165, 1.54) is 17.0 Å². The van der Waals surface area contributed by atoms with Gasteiger partial charge in [-0.25, -0.2) is 8.42 Å². The summed E-state index contributed by atoms with van der Waals surface area (Å²) < 4.78 is 30.1. The van der Waals surface area contributed by atoms with Crippen molar-refractivity contribution in [3.05, 3.63) is 78.6 Å². The minimum Gasteiger partial charge on any atom is -0.450 e. The monoisotopic (exact) mass is 497 g/mol. The second-order valence-electron chi connectivity index (χ2n) is 7.66. The van der Waals surface area contributed by atoms with Gasteiger partial charge in [0.15, 0.2) is 15.3 Å². The summed E-state index contributed by atoms with van der Waals surface area (Å²) in [6.45, 7) is 0. The van der Waals surface area contributed by atoms with Crippen molar-refractivity contribution in [3.8, 4) is 0 Å². The molecule has 0 saturated carbocycles. The van der Waals surface area contributed by atoms with E-state index in [4.69, 9.17) is 39.2 Å². The Balaban J connectivity index is 1.78. The lowest BCUT2D eigenvalue weighted by atomic mass is 9.97. The maximum atomic E-state index is 13.5. The Morgan fingerprint density at radius 2 is 1.77 bits per heavy atom. The summed E-state index contributed by atoms with van der Waals surface area (Å²) in [6, 6.07) is 7.96. The maximum Gasteiger partial charge on any atom is 0.291 e. The molecule has 1 fully saturated rings. The van der Waals surface area contributed by atoms with E-state index < -0.39 is 33.3 Å². The van der Waals surface area contributed by atoms with E-state index in [0.29, 0.717) is 15.6 Å². The SMILES string of the molecule is O=C1c2oc3ccc(Cl)cc3c(=O)c2C(c2ccc(Cl)c(Cl)c2)N1C1CCS(=O)(=O)C1. The first-order chi connectivity index (χ1) is 14.7. The van der Waals surface area contributed by atoms with Crippen LogP contribution in [0.1, 0.15) is 34.1 Å². The molecular weight excluding hydrogens is 485 g/mol. The molecule has 0 spiro atoms. The zero-order valence-electron chi connectivity index (χ0n) is 15.8. The molecule has 0 aliphatic carbocycles. The van der Waals surface area contributed by atoms with Gasteiger partial charge in [0, 0.05) is 11.1 Å². The number of fused-ring (bicyclic) bond motifs is 2. The summed E-state index contributed by atoms with van der Waals surface area (Å²) in [7, 11) is -3.29. The summed E-state index contributed by atoms with van der Waals surface area (Å²) in [5, 5.41) is 1.17. The van der Waals surface area contributed by atoms with E-state index >= 15 is 0 Å². The molecule has 0 bridgehead atoms. The zero-order valence-corrected chi connectivity index (χ0v) is 18.9. The number of halogens is 3. The highest BCUT2D eigenvalue weighted by atomic mass is 35.5. The lowest BCUT2D eigenvalue weighted by molar-refractivity contribution is 0.0662. The molecule has 1 aromatic heterocycles. The van der Waals surface area contributed by atoms with Crippen LogP contribution in [0.15, 0.2) is 45.6 Å². The fourth-order valence-electron chi connectivity index (χ4n) is 4.34. The average molecular weight is 499 g/mol. The van der Waals surface area contributed by atoms with Gasteiger partial charge < -0.3 is 9.32 Å². The highest BCUT2D eigenvalue weighted by Gasteiger charge is 2.48. The van der Waals surface area contributed by atoms with Crippen molar-refractivity contribution in [1.82, 2.24) is 4.90 Å². The Kier molecular flexibility index (Phi) is 4.86. The van der Waals surface area contributed by atoms with Crippen molar-refractivity contribution >= 4 is 61.5 Å². The van der Waals surface area contributed by atoms with Crippen molar-refractivity contribution in [2.24, 2.45) is 0 Å². The van der Waals surface area contributed by atoms with Crippen molar-refractivity contribution in [3.63, 3.8) is 0 Å². The topological polar surface area (TPSA) is 84.7 Å². The van der Waals surface area contributed by atoms with E-state index in [1.807, 2.05) is 0 Å². The third-order valence-electron chi connectivity index (χ3n) is 5.73. The van der Waals surface area contributed by atoms with Gasteiger partial charge in [-0.05, 0) is 42.3 Å². The number of benzene rings is 2. The maximum absolute atomic E-state index is 13.5. The van der Waals surface area contributed by atoms with Crippen LogP contribution in [0.3, 0.4) is 0 Å². The summed E-state index contributed by atoms with van der Waals surface area (Å²) in [5.41, 5.74) is 0.517. The number of rotatable bonds is 2. The minimum absolute atomic E-state index is 0.0230. The molecule has 31 heavy (non-hydrogen) atoms. The molecule has 2 atom stereocenters. The molecule has 0 N–H and O–H groups in total. The molecule has 2 aliphatic rings. The van der Waals surface area contributed by atoms with E-state index in [9.17, 15) is 18.0 Å². The minimum atomic E-state index is -3.29. The van der Waals surface area contributed by atoms with Gasteiger partial charge in [0.1, 0.15) is 5.58 Å². The summed E-state index contributed by atoms with van der Waals surface area (Å²) in [6.07, 6.45) is 0.277. The van der Waals surface area contributed by atoms with Crippen LogP contribution in [0.4, 0.5) is 0 Å². The molecule has 5 rings (SSSR count). The first-order valence-corrected chi connectivity index (χ1v) is 12.4. The highest BCUT2D eigenvalue weighted by molar-refractivity contribution is 7.91.